The van der Waals surface area contributed by atoms with Gasteiger partial charge in [0.1, 0.15) is 0 Å². The fraction of sp³-hybridized carbons (Fsp3) is 0.316. The Morgan fingerprint density at radius 3 is 2.12 bits per heavy atom. The van der Waals surface area contributed by atoms with Crippen molar-refractivity contribution < 1.29 is 9.22 Å². The summed E-state index contributed by atoms with van der Waals surface area (Å²) >= 11 is 6.86. The van der Waals surface area contributed by atoms with Crippen LogP contribution in [0.1, 0.15) is 17.4 Å². The van der Waals surface area contributed by atoms with Crippen LogP contribution in [0.5, 0.6) is 0 Å². The molecular formula is C19H23ClO2SeSi. The van der Waals surface area contributed by atoms with E-state index in [0.717, 1.165) is 5.56 Å². The van der Waals surface area contributed by atoms with Crippen molar-refractivity contribution in [2.24, 2.45) is 0 Å². The van der Waals surface area contributed by atoms with Gasteiger partial charge in [-0.05, 0) is 0 Å². The molecule has 0 radical (unpaired) electrons. The molecule has 0 unspecified atom stereocenters. The number of carbonyl (C=O) groups is 1. The standard InChI is InChI=1S/C19H23ClO2SeSi/c1-24(2,3)22-18(21)14-17(23-16-12-8-5-9-13-16)19(20)15-10-6-4-7-11-15/h4-13,17,19H,14H2,1-3H3/t17-,19+/m1/s1. The molecular weight excluding hydrogens is 403 g/mol. The Morgan fingerprint density at radius 2 is 1.58 bits per heavy atom. The average Bonchev–Trinajstić information content (AvgIpc) is 2.53. The predicted molar refractivity (Wildman–Crippen MR) is 105 cm³/mol. The van der Waals surface area contributed by atoms with Crippen LogP contribution in [0.3, 0.4) is 0 Å². The van der Waals surface area contributed by atoms with Crippen molar-refractivity contribution >= 4 is 45.3 Å². The van der Waals surface area contributed by atoms with E-state index in [2.05, 4.69) is 12.1 Å². The first-order valence-electron chi connectivity index (χ1n) is 7.98. The zero-order chi connectivity index (χ0) is 17.6. The Morgan fingerprint density at radius 1 is 1.04 bits per heavy atom. The topological polar surface area (TPSA) is 26.3 Å². The number of benzene rings is 2. The van der Waals surface area contributed by atoms with Crippen molar-refractivity contribution in [1.82, 2.24) is 0 Å². The molecule has 2 nitrogen and oxygen atoms in total. The molecule has 2 rings (SSSR count). The number of hydrogen-bond donors (Lipinski definition) is 0. The summed E-state index contributed by atoms with van der Waals surface area (Å²) in [4.78, 5) is 12.4. The van der Waals surface area contributed by atoms with Gasteiger partial charge < -0.3 is 0 Å². The second-order valence-corrected chi connectivity index (χ2v) is 14.2. The Bertz CT molecular complexity index is 643. The molecule has 24 heavy (non-hydrogen) atoms. The molecule has 0 aliphatic carbocycles. The minimum absolute atomic E-state index is 0.0628. The maximum absolute atomic E-state index is 12.4. The summed E-state index contributed by atoms with van der Waals surface area (Å²) in [6.45, 7) is 6.08. The summed E-state index contributed by atoms with van der Waals surface area (Å²) in [5.74, 6) is -0.126. The monoisotopic (exact) mass is 426 g/mol. The number of alkyl halides is 1. The molecule has 2 aromatic carbocycles. The quantitative estimate of drug-likeness (QED) is 0.480. The van der Waals surface area contributed by atoms with E-state index in [4.69, 9.17) is 16.0 Å². The van der Waals surface area contributed by atoms with E-state index in [-0.39, 0.29) is 31.1 Å². The maximum atomic E-state index is 12.4. The zero-order valence-corrected chi connectivity index (χ0v) is 17.7. The first kappa shape index (κ1) is 19.3. The normalized spacial score (nSPS) is 14.0. The summed E-state index contributed by atoms with van der Waals surface area (Å²) in [7, 11) is -1.88. The first-order chi connectivity index (χ1) is 11.3. The molecule has 0 aliphatic heterocycles. The molecule has 0 heterocycles. The first-order valence-corrected chi connectivity index (χ1v) is 13.7. The van der Waals surface area contributed by atoms with Gasteiger partial charge in [-0.1, -0.05) is 0 Å². The third kappa shape index (κ3) is 6.44. The summed E-state index contributed by atoms with van der Waals surface area (Å²) in [5.41, 5.74) is 1.06. The summed E-state index contributed by atoms with van der Waals surface area (Å²) < 4.78 is 6.89. The van der Waals surface area contributed by atoms with E-state index in [9.17, 15) is 4.79 Å². The van der Waals surface area contributed by atoms with Crippen LogP contribution in [0, 0.1) is 0 Å². The molecule has 128 valence electrons. The molecule has 0 fully saturated rings. The fourth-order valence-electron chi connectivity index (χ4n) is 2.28. The molecule has 0 aromatic heterocycles. The molecule has 2 aromatic rings. The van der Waals surface area contributed by atoms with Crippen LogP contribution in [-0.2, 0) is 9.22 Å². The predicted octanol–water partition coefficient (Wildman–Crippen LogP) is 4.55. The van der Waals surface area contributed by atoms with E-state index in [1.54, 1.807) is 0 Å². The van der Waals surface area contributed by atoms with Gasteiger partial charge in [0.25, 0.3) is 0 Å². The SMILES string of the molecule is C[Si](C)(C)OC(=O)C[C@@H]([Se]c1ccccc1)[C@@H](Cl)c1ccccc1. The van der Waals surface area contributed by atoms with Crippen LogP contribution in [-0.4, -0.2) is 29.2 Å². The third-order valence-electron chi connectivity index (χ3n) is 3.26. The Hall–Kier alpha value is -1.06. The van der Waals surface area contributed by atoms with Gasteiger partial charge in [0.05, 0.1) is 0 Å². The minimum atomic E-state index is -1.88. The molecule has 0 amide bonds. The van der Waals surface area contributed by atoms with Gasteiger partial charge >= 0.3 is 157 Å². The van der Waals surface area contributed by atoms with Gasteiger partial charge in [-0.25, -0.2) is 0 Å². The van der Waals surface area contributed by atoms with E-state index in [1.807, 2.05) is 68.2 Å². The molecule has 0 saturated carbocycles. The number of halogens is 1. The Kier molecular flexibility index (Phi) is 7.11. The second kappa shape index (κ2) is 8.86. The number of hydrogen-bond acceptors (Lipinski definition) is 2. The fourth-order valence-corrected chi connectivity index (χ4v) is 5.98. The summed E-state index contributed by atoms with van der Waals surface area (Å²) in [6.07, 6.45) is 0.363. The van der Waals surface area contributed by atoms with Crippen LogP contribution in [0.25, 0.3) is 0 Å². The van der Waals surface area contributed by atoms with Gasteiger partial charge in [-0.2, -0.15) is 0 Å². The molecule has 5 heteroatoms. The van der Waals surface area contributed by atoms with Crippen molar-refractivity contribution in [2.45, 2.75) is 36.3 Å². The number of rotatable bonds is 7. The average molecular weight is 426 g/mol. The molecule has 0 spiro atoms. The second-order valence-electron chi connectivity index (χ2n) is 6.57. The molecule has 0 bridgehead atoms. The van der Waals surface area contributed by atoms with E-state index < -0.39 is 8.32 Å². The Labute approximate surface area is 156 Å². The van der Waals surface area contributed by atoms with Gasteiger partial charge in [0.15, 0.2) is 0 Å². The summed E-state index contributed by atoms with van der Waals surface area (Å²) in [5, 5.41) is -0.194. The van der Waals surface area contributed by atoms with Crippen molar-refractivity contribution in [3.63, 3.8) is 0 Å². The van der Waals surface area contributed by atoms with E-state index in [1.165, 1.54) is 4.46 Å². The number of carbonyl (C=O) groups excluding carboxylic acids is 1. The van der Waals surface area contributed by atoms with Crippen LogP contribution in [0.2, 0.25) is 24.5 Å². The van der Waals surface area contributed by atoms with Crippen molar-refractivity contribution in [3.05, 3.63) is 66.2 Å². The van der Waals surface area contributed by atoms with Crippen LogP contribution >= 0.6 is 11.6 Å². The molecule has 2 atom stereocenters. The van der Waals surface area contributed by atoms with Crippen molar-refractivity contribution in [1.29, 1.82) is 0 Å². The van der Waals surface area contributed by atoms with E-state index >= 15 is 0 Å². The third-order valence-corrected chi connectivity index (χ3v) is 7.70. The van der Waals surface area contributed by atoms with Crippen molar-refractivity contribution in [3.8, 4) is 0 Å². The molecule has 0 N–H and O–H groups in total. The van der Waals surface area contributed by atoms with Crippen LogP contribution in [0.4, 0.5) is 0 Å². The Balaban J connectivity index is 2.16. The van der Waals surface area contributed by atoms with Gasteiger partial charge in [-0.15, -0.1) is 0 Å². The van der Waals surface area contributed by atoms with Gasteiger partial charge in [-0.3, -0.25) is 0 Å². The van der Waals surface area contributed by atoms with E-state index in [0.29, 0.717) is 6.42 Å². The molecule has 0 saturated heterocycles. The zero-order valence-electron chi connectivity index (χ0n) is 14.2. The van der Waals surface area contributed by atoms with Gasteiger partial charge in [0, 0.05) is 0 Å². The van der Waals surface area contributed by atoms with Crippen LogP contribution < -0.4 is 4.46 Å². The van der Waals surface area contributed by atoms with Crippen LogP contribution in [0.15, 0.2) is 60.7 Å². The molecule has 0 aliphatic rings. The van der Waals surface area contributed by atoms with Crippen molar-refractivity contribution in [2.75, 3.05) is 0 Å². The van der Waals surface area contributed by atoms with Gasteiger partial charge in [0.2, 0.25) is 0 Å². The summed E-state index contributed by atoms with van der Waals surface area (Å²) in [6, 6.07) is 20.3.